The summed E-state index contributed by atoms with van der Waals surface area (Å²) in [5.74, 6) is -2.71. The molecular weight excluding hydrogens is 336 g/mol. The summed E-state index contributed by atoms with van der Waals surface area (Å²) >= 11 is 1.61. The van der Waals surface area contributed by atoms with Gasteiger partial charge in [-0.05, 0) is 12.8 Å². The third kappa shape index (κ3) is 4.29. The van der Waals surface area contributed by atoms with Crippen LogP contribution in [0.15, 0.2) is 6.20 Å². The highest BCUT2D eigenvalue weighted by molar-refractivity contribution is 7.11. The van der Waals surface area contributed by atoms with E-state index in [0.29, 0.717) is 32.0 Å². The van der Waals surface area contributed by atoms with Gasteiger partial charge in [0.25, 0.3) is 5.92 Å². The van der Waals surface area contributed by atoms with Gasteiger partial charge in [0, 0.05) is 49.6 Å². The Morgan fingerprint density at radius 1 is 1.50 bits per heavy atom. The molecule has 2 aliphatic heterocycles. The molecule has 1 aromatic heterocycles. The van der Waals surface area contributed by atoms with E-state index in [-0.39, 0.29) is 24.9 Å². The van der Waals surface area contributed by atoms with Gasteiger partial charge in [0.2, 0.25) is 0 Å². The summed E-state index contributed by atoms with van der Waals surface area (Å²) in [6.07, 6.45) is 3.64. The molecule has 2 fully saturated rings. The van der Waals surface area contributed by atoms with Crippen LogP contribution in [0.2, 0.25) is 0 Å². The zero-order valence-electron chi connectivity index (χ0n) is 13.8. The monoisotopic (exact) mass is 359 g/mol. The van der Waals surface area contributed by atoms with Crippen LogP contribution in [0.4, 0.5) is 8.78 Å². The third-order valence-corrected chi connectivity index (χ3v) is 6.00. The number of piperidine rings is 1. The fraction of sp³-hybridized carbons (Fsp3) is 0.750. The first kappa shape index (κ1) is 17.7. The van der Waals surface area contributed by atoms with Crippen molar-refractivity contribution in [2.45, 2.75) is 50.1 Å². The highest BCUT2D eigenvalue weighted by atomic mass is 32.1. The van der Waals surface area contributed by atoms with Crippen LogP contribution < -0.4 is 5.32 Å². The van der Waals surface area contributed by atoms with Gasteiger partial charge < -0.3 is 10.1 Å². The number of nitrogens with one attached hydrogen (secondary N) is 1. The number of halogens is 2. The number of rotatable bonds is 5. The minimum atomic E-state index is -2.49. The van der Waals surface area contributed by atoms with Crippen LogP contribution in [-0.2, 0) is 16.0 Å². The second-order valence-electron chi connectivity index (χ2n) is 6.48. The summed E-state index contributed by atoms with van der Waals surface area (Å²) in [5.41, 5.74) is 0. The molecule has 0 bridgehead atoms. The Balaban J connectivity index is 1.51. The zero-order chi connectivity index (χ0) is 17.2. The summed E-state index contributed by atoms with van der Waals surface area (Å²) in [4.78, 5) is 18.9. The van der Waals surface area contributed by atoms with Crippen LogP contribution in [0.5, 0.6) is 0 Å². The molecule has 0 amide bonds. The topological polar surface area (TPSA) is 54.5 Å². The summed E-state index contributed by atoms with van der Waals surface area (Å²) in [7, 11) is 1.39. The molecule has 0 aliphatic carbocycles. The quantitative estimate of drug-likeness (QED) is 0.818. The minimum Gasteiger partial charge on any atom is -0.469 e. The maximum atomic E-state index is 13.3. The Bertz CT molecular complexity index is 571. The lowest BCUT2D eigenvalue weighted by atomic mass is 10.0. The van der Waals surface area contributed by atoms with Crippen molar-refractivity contribution in [2.75, 3.05) is 26.7 Å². The Morgan fingerprint density at radius 2 is 2.25 bits per heavy atom. The van der Waals surface area contributed by atoms with Crippen molar-refractivity contribution in [3.05, 3.63) is 16.1 Å². The summed E-state index contributed by atoms with van der Waals surface area (Å²) in [6.45, 7) is 1.75. The third-order valence-electron chi connectivity index (χ3n) is 4.83. The number of carbonyl (C=O) groups excluding carboxylic acids is 1. The van der Waals surface area contributed by atoms with E-state index in [2.05, 4.69) is 19.9 Å². The largest absolute Gasteiger partial charge is 0.469 e. The van der Waals surface area contributed by atoms with Gasteiger partial charge in [-0.3, -0.25) is 9.69 Å². The van der Waals surface area contributed by atoms with Crippen LogP contribution in [0.1, 0.15) is 41.6 Å². The molecule has 1 N–H and O–H groups in total. The van der Waals surface area contributed by atoms with Crippen molar-refractivity contribution < 1.29 is 18.3 Å². The molecular formula is C16H23F2N3O2S. The molecule has 3 rings (SSSR count). The van der Waals surface area contributed by atoms with Gasteiger partial charge in [-0.2, -0.15) is 0 Å². The molecule has 0 spiro atoms. The molecule has 0 radical (unpaired) electrons. The van der Waals surface area contributed by atoms with E-state index < -0.39 is 5.92 Å². The van der Waals surface area contributed by atoms with E-state index in [4.69, 9.17) is 0 Å². The molecule has 2 aliphatic rings. The number of hydrogen-bond donors (Lipinski definition) is 1. The molecule has 0 unspecified atom stereocenters. The van der Waals surface area contributed by atoms with Gasteiger partial charge in [0.05, 0.1) is 19.6 Å². The SMILES string of the molecule is COC(=O)CCc1cnc([C@@H]2C[C@H](N3CCC(F)(F)CC3)CN2)s1. The smallest absolute Gasteiger partial charge is 0.305 e. The summed E-state index contributed by atoms with van der Waals surface area (Å²) in [5, 5.41) is 4.47. The second-order valence-corrected chi connectivity index (χ2v) is 7.63. The molecule has 0 saturated carbocycles. The number of aryl methyl sites for hydroxylation is 1. The molecule has 0 aromatic carbocycles. The van der Waals surface area contributed by atoms with Crippen molar-refractivity contribution >= 4 is 17.3 Å². The number of likely N-dealkylation sites (tertiary alicyclic amines) is 1. The number of carbonyl (C=O) groups is 1. The predicted octanol–water partition coefficient (Wildman–Crippen LogP) is 2.38. The molecule has 1 aromatic rings. The number of esters is 1. The molecule has 5 nitrogen and oxygen atoms in total. The lowest BCUT2D eigenvalue weighted by Gasteiger charge is -2.35. The first-order chi connectivity index (χ1) is 11.5. The molecule has 134 valence electrons. The predicted molar refractivity (Wildman–Crippen MR) is 87.4 cm³/mol. The van der Waals surface area contributed by atoms with Crippen LogP contribution in [-0.4, -0.2) is 54.6 Å². The number of nitrogens with zero attached hydrogens (tertiary/aromatic N) is 2. The van der Waals surface area contributed by atoms with Crippen molar-refractivity contribution in [3.8, 4) is 0 Å². The maximum absolute atomic E-state index is 13.3. The average molecular weight is 359 g/mol. The van der Waals surface area contributed by atoms with Gasteiger partial charge in [0.1, 0.15) is 5.01 Å². The van der Waals surface area contributed by atoms with Crippen molar-refractivity contribution in [2.24, 2.45) is 0 Å². The van der Waals surface area contributed by atoms with Crippen LogP contribution in [0.25, 0.3) is 0 Å². The Morgan fingerprint density at radius 3 is 2.96 bits per heavy atom. The fourth-order valence-electron chi connectivity index (χ4n) is 3.33. The molecule has 3 heterocycles. The molecule has 24 heavy (non-hydrogen) atoms. The molecule has 2 saturated heterocycles. The number of hydrogen-bond acceptors (Lipinski definition) is 6. The number of thiazole rings is 1. The van der Waals surface area contributed by atoms with Crippen LogP contribution in [0.3, 0.4) is 0 Å². The van der Waals surface area contributed by atoms with Gasteiger partial charge in [-0.25, -0.2) is 13.8 Å². The summed E-state index contributed by atoms with van der Waals surface area (Å²) < 4.78 is 31.2. The van der Waals surface area contributed by atoms with E-state index >= 15 is 0 Å². The average Bonchev–Trinajstić information content (AvgIpc) is 3.21. The van der Waals surface area contributed by atoms with Gasteiger partial charge >= 0.3 is 5.97 Å². The highest BCUT2D eigenvalue weighted by Gasteiger charge is 2.38. The molecule has 2 atom stereocenters. The Hall–Kier alpha value is -1.12. The normalized spacial score (nSPS) is 27.3. The zero-order valence-corrected chi connectivity index (χ0v) is 14.6. The number of aromatic nitrogens is 1. The second kappa shape index (κ2) is 7.41. The lowest BCUT2D eigenvalue weighted by molar-refractivity contribution is -0.140. The first-order valence-electron chi connectivity index (χ1n) is 8.33. The van der Waals surface area contributed by atoms with Gasteiger partial charge in [0.15, 0.2) is 0 Å². The van der Waals surface area contributed by atoms with Crippen LogP contribution in [0, 0.1) is 0 Å². The van der Waals surface area contributed by atoms with Gasteiger partial charge in [-0.1, -0.05) is 0 Å². The lowest BCUT2D eigenvalue weighted by Crippen LogP contribution is -2.45. The van der Waals surface area contributed by atoms with Crippen molar-refractivity contribution in [3.63, 3.8) is 0 Å². The molecule has 8 heteroatoms. The summed E-state index contributed by atoms with van der Waals surface area (Å²) in [6, 6.07) is 0.475. The highest BCUT2D eigenvalue weighted by Crippen LogP contribution is 2.33. The Labute approximate surface area is 144 Å². The Kier molecular flexibility index (Phi) is 5.46. The van der Waals surface area contributed by atoms with Crippen molar-refractivity contribution in [1.29, 1.82) is 0 Å². The van der Waals surface area contributed by atoms with E-state index in [9.17, 15) is 13.6 Å². The van der Waals surface area contributed by atoms with Crippen molar-refractivity contribution in [1.82, 2.24) is 15.2 Å². The van der Waals surface area contributed by atoms with E-state index in [1.807, 2.05) is 6.20 Å². The van der Waals surface area contributed by atoms with E-state index in [0.717, 1.165) is 22.9 Å². The maximum Gasteiger partial charge on any atom is 0.305 e. The van der Waals surface area contributed by atoms with E-state index in [1.54, 1.807) is 11.3 Å². The standard InChI is InChI=1S/C16H23F2N3O2S/c1-23-14(22)3-2-12-10-20-15(24-12)13-8-11(9-19-13)21-6-4-16(17,18)5-7-21/h10-11,13,19H,2-9H2,1H3/t11-,13-/m0/s1. The minimum absolute atomic E-state index is 0.0386. The van der Waals surface area contributed by atoms with E-state index in [1.165, 1.54) is 7.11 Å². The van der Waals surface area contributed by atoms with Crippen LogP contribution >= 0.6 is 11.3 Å². The number of ether oxygens (including phenoxy) is 1. The first-order valence-corrected chi connectivity index (χ1v) is 9.15. The number of alkyl halides is 2. The fourth-order valence-corrected chi connectivity index (χ4v) is 4.33. The van der Waals surface area contributed by atoms with Gasteiger partial charge in [-0.15, -0.1) is 11.3 Å². The number of methoxy groups -OCH3 is 1.